The molecule has 0 saturated heterocycles. The molecule has 0 aliphatic rings. The van der Waals surface area contributed by atoms with Crippen molar-refractivity contribution in [3.8, 4) is 11.6 Å². The minimum absolute atomic E-state index is 0.0273. The Balaban J connectivity index is 2.11. The van der Waals surface area contributed by atoms with Crippen LogP contribution in [0.15, 0.2) is 38.3 Å². The van der Waals surface area contributed by atoms with Crippen molar-refractivity contribution in [2.75, 3.05) is 5.75 Å². The first-order valence-corrected chi connectivity index (χ1v) is 8.29. The molecule has 3 heterocycles. The Labute approximate surface area is 141 Å². The van der Waals surface area contributed by atoms with Gasteiger partial charge in [0.1, 0.15) is 16.9 Å². The van der Waals surface area contributed by atoms with Crippen LogP contribution in [0.4, 0.5) is 13.2 Å². The van der Waals surface area contributed by atoms with Gasteiger partial charge in [0.25, 0.3) is 0 Å². The fraction of sp³-hybridized carbons (Fsp3) is 0.214. The van der Waals surface area contributed by atoms with Crippen LogP contribution in [0.2, 0.25) is 0 Å². The topological polar surface area (TPSA) is 51.8 Å². The van der Waals surface area contributed by atoms with E-state index >= 15 is 0 Å². The molecule has 120 valence electrons. The molecule has 0 aliphatic heterocycles. The van der Waals surface area contributed by atoms with Gasteiger partial charge in [0.05, 0.1) is 6.20 Å². The molecule has 0 amide bonds. The van der Waals surface area contributed by atoms with Crippen molar-refractivity contribution >= 4 is 38.8 Å². The fourth-order valence-electron chi connectivity index (χ4n) is 1.93. The summed E-state index contributed by atoms with van der Waals surface area (Å²) in [5, 5.41) is 0. The van der Waals surface area contributed by atoms with Gasteiger partial charge in [-0.3, -0.25) is 0 Å². The lowest BCUT2D eigenvalue weighted by atomic mass is 10.3. The number of nitrogens with zero attached hydrogens (tertiary/aromatic N) is 3. The summed E-state index contributed by atoms with van der Waals surface area (Å²) in [7, 11) is 0. The summed E-state index contributed by atoms with van der Waals surface area (Å²) in [5.41, 5.74) is -0.242. The third-order valence-electron chi connectivity index (χ3n) is 2.89. The van der Waals surface area contributed by atoms with Crippen molar-refractivity contribution in [1.82, 2.24) is 15.0 Å². The number of hydrogen-bond donors (Lipinski definition) is 0. The molecule has 9 heteroatoms. The van der Waals surface area contributed by atoms with E-state index in [1.54, 1.807) is 18.0 Å². The van der Waals surface area contributed by atoms with Gasteiger partial charge in [-0.1, -0.05) is 6.92 Å². The Kier molecular flexibility index (Phi) is 4.33. The van der Waals surface area contributed by atoms with Crippen LogP contribution < -0.4 is 0 Å². The van der Waals surface area contributed by atoms with Crippen molar-refractivity contribution in [2.45, 2.75) is 18.0 Å². The summed E-state index contributed by atoms with van der Waals surface area (Å²) >= 11 is 4.88. The second-order valence-electron chi connectivity index (χ2n) is 4.49. The number of pyridine rings is 2. The van der Waals surface area contributed by atoms with Crippen LogP contribution in [-0.2, 0) is 6.18 Å². The van der Waals surface area contributed by atoms with Gasteiger partial charge < -0.3 is 4.42 Å². The highest BCUT2D eigenvalue weighted by atomic mass is 79.9. The summed E-state index contributed by atoms with van der Waals surface area (Å²) in [5.74, 6) is 0.982. The van der Waals surface area contributed by atoms with E-state index in [1.807, 2.05) is 13.0 Å². The van der Waals surface area contributed by atoms with Gasteiger partial charge in [-0.25, -0.2) is 15.0 Å². The molecule has 23 heavy (non-hydrogen) atoms. The lowest BCUT2D eigenvalue weighted by molar-refractivity contribution is -0.141. The average molecular weight is 404 g/mol. The molecule has 0 unspecified atom stereocenters. The minimum Gasteiger partial charge on any atom is -0.435 e. The zero-order chi connectivity index (χ0) is 16.6. The number of rotatable bonds is 3. The van der Waals surface area contributed by atoms with Crippen LogP contribution in [0.25, 0.3) is 22.7 Å². The monoisotopic (exact) mass is 403 g/mol. The molecular weight excluding hydrogens is 395 g/mol. The van der Waals surface area contributed by atoms with Crippen molar-refractivity contribution in [3.05, 3.63) is 34.7 Å². The van der Waals surface area contributed by atoms with E-state index in [2.05, 4.69) is 30.9 Å². The van der Waals surface area contributed by atoms with E-state index in [9.17, 15) is 13.2 Å². The fourth-order valence-corrected chi connectivity index (χ4v) is 3.22. The van der Waals surface area contributed by atoms with E-state index < -0.39 is 11.9 Å². The van der Waals surface area contributed by atoms with Crippen LogP contribution in [0, 0.1) is 0 Å². The summed E-state index contributed by atoms with van der Waals surface area (Å²) in [4.78, 5) is 12.7. The maximum absolute atomic E-state index is 12.7. The van der Waals surface area contributed by atoms with E-state index in [4.69, 9.17) is 4.42 Å². The van der Waals surface area contributed by atoms with E-state index in [0.29, 0.717) is 5.69 Å². The highest BCUT2D eigenvalue weighted by Gasteiger charge is 2.33. The molecule has 4 nitrogen and oxygen atoms in total. The number of hydrogen-bond acceptors (Lipinski definition) is 5. The SMILES string of the molecule is CCSc1cc(Br)cnc1-c1nc2cnc(C(F)(F)F)cc2o1. The number of fused-ring (bicyclic) bond motifs is 1. The molecule has 0 saturated carbocycles. The third-order valence-corrected chi connectivity index (χ3v) is 4.23. The van der Waals surface area contributed by atoms with Gasteiger partial charge >= 0.3 is 6.18 Å². The zero-order valence-electron chi connectivity index (χ0n) is 11.7. The molecule has 0 fully saturated rings. The lowest BCUT2D eigenvalue weighted by Crippen LogP contribution is -2.06. The van der Waals surface area contributed by atoms with Crippen molar-refractivity contribution in [3.63, 3.8) is 0 Å². The first-order chi connectivity index (χ1) is 10.9. The maximum atomic E-state index is 12.7. The number of aromatic nitrogens is 3. The molecule has 3 aromatic rings. The first-order valence-electron chi connectivity index (χ1n) is 6.51. The van der Waals surface area contributed by atoms with Gasteiger partial charge in [0.15, 0.2) is 5.58 Å². The summed E-state index contributed by atoms with van der Waals surface area (Å²) < 4.78 is 44.4. The smallest absolute Gasteiger partial charge is 0.433 e. The summed E-state index contributed by atoms with van der Waals surface area (Å²) in [6.45, 7) is 1.99. The van der Waals surface area contributed by atoms with E-state index in [-0.39, 0.29) is 17.0 Å². The van der Waals surface area contributed by atoms with Crippen LogP contribution >= 0.6 is 27.7 Å². The highest BCUT2D eigenvalue weighted by molar-refractivity contribution is 9.10. The van der Waals surface area contributed by atoms with Gasteiger partial charge in [0, 0.05) is 21.6 Å². The van der Waals surface area contributed by atoms with Crippen molar-refractivity contribution in [2.24, 2.45) is 0 Å². The number of thioether (sulfide) groups is 1. The normalized spacial score (nSPS) is 12.0. The largest absolute Gasteiger partial charge is 0.435 e. The number of alkyl halides is 3. The Bertz CT molecular complexity index is 866. The quantitative estimate of drug-likeness (QED) is 0.564. The Hall–Kier alpha value is -1.61. The Morgan fingerprint density at radius 3 is 2.70 bits per heavy atom. The average Bonchev–Trinajstić information content (AvgIpc) is 2.89. The van der Waals surface area contributed by atoms with Crippen molar-refractivity contribution < 1.29 is 17.6 Å². The first kappa shape index (κ1) is 16.3. The van der Waals surface area contributed by atoms with E-state index in [0.717, 1.165) is 27.4 Å². The van der Waals surface area contributed by atoms with E-state index in [1.165, 1.54) is 0 Å². The van der Waals surface area contributed by atoms with Gasteiger partial charge in [0.2, 0.25) is 5.89 Å². The standard InChI is InChI=1S/C14H9BrF3N3OS/c1-2-23-10-3-7(15)5-20-12(10)13-21-8-6-19-11(14(16,17)18)4-9(8)22-13/h3-6H,2H2,1H3. The molecule has 3 aromatic heterocycles. The Morgan fingerprint density at radius 1 is 1.22 bits per heavy atom. The van der Waals surface area contributed by atoms with Gasteiger partial charge in [-0.15, -0.1) is 11.8 Å². The second kappa shape index (κ2) is 6.12. The van der Waals surface area contributed by atoms with Crippen LogP contribution in [0.1, 0.15) is 12.6 Å². The molecule has 3 rings (SSSR count). The molecule has 0 aliphatic carbocycles. The molecule has 0 radical (unpaired) electrons. The number of halogens is 4. The lowest BCUT2D eigenvalue weighted by Gasteiger charge is -2.04. The molecule has 0 atom stereocenters. The third kappa shape index (κ3) is 3.35. The molecular formula is C14H9BrF3N3OS. The molecule has 0 bridgehead atoms. The van der Waals surface area contributed by atoms with Gasteiger partial charge in [-0.05, 0) is 27.7 Å². The summed E-state index contributed by atoms with van der Waals surface area (Å²) in [6.07, 6.45) is -1.89. The van der Waals surface area contributed by atoms with Gasteiger partial charge in [-0.2, -0.15) is 13.2 Å². The second-order valence-corrected chi connectivity index (χ2v) is 6.71. The molecule has 0 aromatic carbocycles. The Morgan fingerprint density at radius 2 is 2.00 bits per heavy atom. The van der Waals surface area contributed by atoms with Crippen molar-refractivity contribution in [1.29, 1.82) is 0 Å². The molecule has 0 N–H and O–H groups in total. The maximum Gasteiger partial charge on any atom is 0.433 e. The predicted molar refractivity (Wildman–Crippen MR) is 84.1 cm³/mol. The predicted octanol–water partition coefficient (Wildman–Crippen LogP) is 5.18. The summed E-state index contributed by atoms with van der Waals surface area (Å²) in [6, 6.07) is 2.71. The number of oxazole rings is 1. The highest BCUT2D eigenvalue weighted by Crippen LogP contribution is 2.34. The minimum atomic E-state index is -4.53. The van der Waals surface area contributed by atoms with Crippen LogP contribution in [-0.4, -0.2) is 20.7 Å². The zero-order valence-corrected chi connectivity index (χ0v) is 14.1. The van der Waals surface area contributed by atoms with Crippen LogP contribution in [0.5, 0.6) is 0 Å². The molecule has 0 spiro atoms. The van der Waals surface area contributed by atoms with Crippen LogP contribution in [0.3, 0.4) is 0 Å².